The molecule has 1 fully saturated rings. The van der Waals surface area contributed by atoms with E-state index in [0.717, 1.165) is 0 Å². The lowest BCUT2D eigenvalue weighted by Gasteiger charge is -2.36. The highest BCUT2D eigenvalue weighted by molar-refractivity contribution is 5.74. The third-order valence-corrected chi connectivity index (χ3v) is 3.60. The molecule has 1 aromatic heterocycles. The minimum absolute atomic E-state index is 0.168. The first kappa shape index (κ1) is 15.3. The number of nitrogens with zero attached hydrogens (tertiary/aromatic N) is 3. The van der Waals surface area contributed by atoms with Gasteiger partial charge < -0.3 is 19.8 Å². The Morgan fingerprint density at radius 1 is 1.43 bits per heavy atom. The van der Waals surface area contributed by atoms with Crippen LogP contribution in [0.4, 0.5) is 4.79 Å². The fraction of sp³-hybridized carbons (Fsp3) is 0.615. The molecule has 8 heteroatoms. The smallest absolute Gasteiger partial charge is 0.320 e. The van der Waals surface area contributed by atoms with Gasteiger partial charge >= 0.3 is 12.0 Å². The van der Waals surface area contributed by atoms with Crippen LogP contribution in [0.25, 0.3) is 0 Å². The summed E-state index contributed by atoms with van der Waals surface area (Å²) >= 11 is 0. The van der Waals surface area contributed by atoms with Crippen LogP contribution in [-0.2, 0) is 11.3 Å². The Hall–Kier alpha value is -2.09. The van der Waals surface area contributed by atoms with Crippen molar-refractivity contribution < 1.29 is 19.2 Å². The number of urea groups is 1. The molecule has 2 amide bonds. The minimum Gasteiger partial charge on any atom is -0.480 e. The van der Waals surface area contributed by atoms with Gasteiger partial charge in [0, 0.05) is 32.2 Å². The number of carboxylic acids is 1. The largest absolute Gasteiger partial charge is 0.480 e. The van der Waals surface area contributed by atoms with Crippen LogP contribution in [0.2, 0.25) is 0 Å². The molecule has 116 valence electrons. The molecule has 0 bridgehead atoms. The van der Waals surface area contributed by atoms with Gasteiger partial charge in [-0.25, -0.2) is 4.79 Å². The van der Waals surface area contributed by atoms with Gasteiger partial charge in [-0.3, -0.25) is 9.69 Å². The number of aliphatic carboxylic acids is 1. The molecule has 0 saturated carbocycles. The molecule has 0 aliphatic carbocycles. The molecule has 2 rings (SSSR count). The number of nitrogens with one attached hydrogen (secondary N) is 1. The Bertz CT molecular complexity index is 508. The summed E-state index contributed by atoms with van der Waals surface area (Å²) < 4.78 is 4.93. The molecule has 0 aromatic carbocycles. The number of aryl methyl sites for hydroxylation is 1. The molecule has 0 spiro atoms. The van der Waals surface area contributed by atoms with Crippen molar-refractivity contribution in [2.45, 2.75) is 26.4 Å². The van der Waals surface area contributed by atoms with Crippen molar-refractivity contribution in [2.75, 3.05) is 26.2 Å². The molecular weight excluding hydrogens is 276 g/mol. The number of hydrogen-bond donors (Lipinski definition) is 2. The molecule has 0 radical (unpaired) electrons. The van der Waals surface area contributed by atoms with Crippen molar-refractivity contribution >= 4 is 12.0 Å². The fourth-order valence-electron chi connectivity index (χ4n) is 2.25. The number of hydrogen-bond acceptors (Lipinski definition) is 5. The topological polar surface area (TPSA) is 98.9 Å². The Morgan fingerprint density at radius 3 is 2.62 bits per heavy atom. The summed E-state index contributed by atoms with van der Waals surface area (Å²) in [5, 5.41) is 15.6. The molecule has 1 aliphatic rings. The van der Waals surface area contributed by atoms with Gasteiger partial charge in [0.1, 0.15) is 17.5 Å². The third-order valence-electron chi connectivity index (χ3n) is 3.60. The molecule has 1 unspecified atom stereocenters. The number of aromatic nitrogens is 1. The zero-order chi connectivity index (χ0) is 15.4. The second kappa shape index (κ2) is 6.57. The minimum atomic E-state index is -0.839. The van der Waals surface area contributed by atoms with E-state index in [1.165, 1.54) is 0 Å². The van der Waals surface area contributed by atoms with Crippen LogP contribution >= 0.6 is 0 Å². The highest BCUT2D eigenvalue weighted by Crippen LogP contribution is 2.07. The van der Waals surface area contributed by atoms with Gasteiger partial charge in [-0.2, -0.15) is 0 Å². The van der Waals surface area contributed by atoms with Crippen LogP contribution in [-0.4, -0.2) is 64.3 Å². The predicted molar refractivity (Wildman–Crippen MR) is 73.7 cm³/mol. The summed E-state index contributed by atoms with van der Waals surface area (Å²) in [5.41, 5.74) is 0.680. The van der Waals surface area contributed by atoms with Gasteiger partial charge in [0.2, 0.25) is 0 Å². The van der Waals surface area contributed by atoms with E-state index in [-0.39, 0.29) is 6.03 Å². The molecule has 21 heavy (non-hydrogen) atoms. The summed E-state index contributed by atoms with van der Waals surface area (Å²) in [6.45, 7) is 5.92. The second-order valence-corrected chi connectivity index (χ2v) is 5.12. The Balaban J connectivity index is 1.76. The standard InChI is InChI=1S/C13H20N4O4/c1-9-7-11(15-21-9)8-14-13(20)17-5-3-16(4-6-17)10(2)12(18)19/h7,10H,3-6,8H2,1-2H3,(H,14,20)(H,18,19). The summed E-state index contributed by atoms with van der Waals surface area (Å²) in [7, 11) is 0. The number of carbonyl (C=O) groups is 2. The van der Waals surface area contributed by atoms with E-state index in [2.05, 4.69) is 10.5 Å². The molecule has 8 nitrogen and oxygen atoms in total. The molecular formula is C13H20N4O4. The van der Waals surface area contributed by atoms with Crippen molar-refractivity contribution in [3.63, 3.8) is 0 Å². The Kier molecular flexibility index (Phi) is 4.79. The first-order valence-electron chi connectivity index (χ1n) is 6.89. The lowest BCUT2D eigenvalue weighted by atomic mass is 10.2. The van der Waals surface area contributed by atoms with Crippen molar-refractivity contribution in [3.8, 4) is 0 Å². The van der Waals surface area contributed by atoms with Crippen molar-refractivity contribution in [1.82, 2.24) is 20.3 Å². The predicted octanol–water partition coefficient (Wildman–Crippen LogP) is 0.283. The average molecular weight is 296 g/mol. The van der Waals surface area contributed by atoms with Gasteiger partial charge in [-0.05, 0) is 13.8 Å². The quantitative estimate of drug-likeness (QED) is 0.828. The molecule has 2 N–H and O–H groups in total. The van der Waals surface area contributed by atoms with E-state index in [0.29, 0.717) is 44.2 Å². The molecule has 1 saturated heterocycles. The van der Waals surface area contributed by atoms with Gasteiger partial charge in [0.05, 0.1) is 6.54 Å². The highest BCUT2D eigenvalue weighted by Gasteiger charge is 2.27. The third kappa shape index (κ3) is 3.94. The second-order valence-electron chi connectivity index (χ2n) is 5.12. The van der Waals surface area contributed by atoms with Crippen LogP contribution < -0.4 is 5.32 Å². The number of carboxylic acid groups (broad SMARTS) is 1. The van der Waals surface area contributed by atoms with E-state index >= 15 is 0 Å². The van der Waals surface area contributed by atoms with E-state index in [1.54, 1.807) is 24.8 Å². The fourth-order valence-corrected chi connectivity index (χ4v) is 2.25. The summed E-state index contributed by atoms with van der Waals surface area (Å²) in [5.74, 6) is -0.134. The SMILES string of the molecule is Cc1cc(CNC(=O)N2CCN(C(C)C(=O)O)CC2)no1. The maximum Gasteiger partial charge on any atom is 0.320 e. The lowest BCUT2D eigenvalue weighted by molar-refractivity contribution is -0.143. The number of carbonyl (C=O) groups excluding carboxylic acids is 1. The van der Waals surface area contributed by atoms with Crippen molar-refractivity contribution in [3.05, 3.63) is 17.5 Å². The van der Waals surface area contributed by atoms with E-state index in [4.69, 9.17) is 9.63 Å². The summed E-state index contributed by atoms with van der Waals surface area (Å²) in [6.07, 6.45) is 0. The van der Waals surface area contributed by atoms with Crippen LogP contribution in [0.15, 0.2) is 10.6 Å². The van der Waals surface area contributed by atoms with E-state index in [9.17, 15) is 9.59 Å². The maximum atomic E-state index is 12.0. The van der Waals surface area contributed by atoms with Crippen molar-refractivity contribution in [1.29, 1.82) is 0 Å². The molecule has 1 aromatic rings. The van der Waals surface area contributed by atoms with Gasteiger partial charge in [0.15, 0.2) is 0 Å². The maximum absolute atomic E-state index is 12.0. The number of rotatable bonds is 4. The Labute approximate surface area is 122 Å². The zero-order valence-electron chi connectivity index (χ0n) is 12.2. The molecule has 2 heterocycles. The van der Waals surface area contributed by atoms with Crippen LogP contribution in [0.5, 0.6) is 0 Å². The Morgan fingerprint density at radius 2 is 2.10 bits per heavy atom. The van der Waals surface area contributed by atoms with Crippen LogP contribution in [0.3, 0.4) is 0 Å². The van der Waals surface area contributed by atoms with Crippen molar-refractivity contribution in [2.24, 2.45) is 0 Å². The monoisotopic (exact) mass is 296 g/mol. The highest BCUT2D eigenvalue weighted by atomic mass is 16.5. The molecule has 1 atom stereocenters. The normalized spacial score (nSPS) is 17.5. The lowest BCUT2D eigenvalue weighted by Crippen LogP contribution is -2.55. The number of amides is 2. The summed E-state index contributed by atoms with van der Waals surface area (Å²) in [4.78, 5) is 26.5. The number of piperazine rings is 1. The first-order chi connectivity index (χ1) is 9.97. The molecule has 1 aliphatic heterocycles. The average Bonchev–Trinajstić information content (AvgIpc) is 2.89. The van der Waals surface area contributed by atoms with Crippen LogP contribution in [0, 0.1) is 6.92 Å². The van der Waals surface area contributed by atoms with Gasteiger partial charge in [0.25, 0.3) is 0 Å². The van der Waals surface area contributed by atoms with Crippen LogP contribution in [0.1, 0.15) is 18.4 Å². The van der Waals surface area contributed by atoms with E-state index in [1.807, 2.05) is 4.90 Å². The zero-order valence-corrected chi connectivity index (χ0v) is 12.2. The van der Waals surface area contributed by atoms with Gasteiger partial charge in [-0.15, -0.1) is 0 Å². The first-order valence-corrected chi connectivity index (χ1v) is 6.89. The van der Waals surface area contributed by atoms with E-state index < -0.39 is 12.0 Å². The van der Waals surface area contributed by atoms with Gasteiger partial charge in [-0.1, -0.05) is 5.16 Å². The summed E-state index contributed by atoms with van der Waals surface area (Å²) in [6, 6.07) is 1.08.